The molecule has 0 saturated heterocycles. The number of hydrogen-bond donors (Lipinski definition) is 2. The number of carbonyl (C=O) groups is 1. The fourth-order valence-corrected chi connectivity index (χ4v) is 1.70. The van der Waals surface area contributed by atoms with E-state index in [9.17, 15) is 4.79 Å². The van der Waals surface area contributed by atoms with E-state index in [-0.39, 0.29) is 11.9 Å². The third-order valence-corrected chi connectivity index (χ3v) is 2.90. The van der Waals surface area contributed by atoms with Crippen molar-refractivity contribution in [2.45, 2.75) is 33.4 Å². The number of hydrogen-bond acceptors (Lipinski definition) is 4. The highest BCUT2D eigenvalue weighted by Gasteiger charge is 2.12. The van der Waals surface area contributed by atoms with Gasteiger partial charge in [-0.2, -0.15) is 0 Å². The molecule has 0 aliphatic rings. The first-order chi connectivity index (χ1) is 7.59. The van der Waals surface area contributed by atoms with Crippen LogP contribution in [-0.2, 0) is 11.3 Å². The summed E-state index contributed by atoms with van der Waals surface area (Å²) in [7, 11) is 0. The molecule has 4 nitrogen and oxygen atoms in total. The fraction of sp³-hybridized carbons (Fsp3) is 0.636. The summed E-state index contributed by atoms with van der Waals surface area (Å²) in [6, 6.07) is -0.178. The van der Waals surface area contributed by atoms with Gasteiger partial charge in [-0.15, -0.1) is 11.3 Å². The standard InChI is InChI=1S/C11H19N3OS/c1-8(2)6-14-11(15)9(3)13-7-10-12-4-5-16-10/h4-5,8-9,13H,6-7H2,1-3H3,(H,14,15). The monoisotopic (exact) mass is 241 g/mol. The first kappa shape index (κ1) is 13.1. The van der Waals surface area contributed by atoms with Crippen LogP contribution in [-0.4, -0.2) is 23.5 Å². The molecule has 5 heteroatoms. The van der Waals surface area contributed by atoms with Crippen LogP contribution in [0.1, 0.15) is 25.8 Å². The topological polar surface area (TPSA) is 54.0 Å². The predicted octanol–water partition coefficient (Wildman–Crippen LogP) is 1.39. The lowest BCUT2D eigenvalue weighted by atomic mass is 10.2. The second kappa shape index (κ2) is 6.60. The smallest absolute Gasteiger partial charge is 0.236 e. The Balaban J connectivity index is 2.23. The molecule has 1 heterocycles. The Bertz CT molecular complexity index is 311. The minimum atomic E-state index is -0.178. The van der Waals surface area contributed by atoms with Crippen molar-refractivity contribution >= 4 is 17.2 Å². The molecule has 0 radical (unpaired) electrons. The minimum Gasteiger partial charge on any atom is -0.354 e. The molecule has 1 unspecified atom stereocenters. The summed E-state index contributed by atoms with van der Waals surface area (Å²) in [5, 5.41) is 8.97. The van der Waals surface area contributed by atoms with Gasteiger partial charge in [-0.1, -0.05) is 13.8 Å². The van der Waals surface area contributed by atoms with Gasteiger partial charge in [-0.05, 0) is 12.8 Å². The largest absolute Gasteiger partial charge is 0.354 e. The molecule has 0 aromatic carbocycles. The zero-order valence-corrected chi connectivity index (χ0v) is 10.8. The van der Waals surface area contributed by atoms with E-state index in [0.717, 1.165) is 11.6 Å². The van der Waals surface area contributed by atoms with Crippen molar-refractivity contribution in [1.82, 2.24) is 15.6 Å². The molecule has 0 fully saturated rings. The maximum atomic E-state index is 11.6. The van der Waals surface area contributed by atoms with Crippen LogP contribution in [0.5, 0.6) is 0 Å². The Labute approximate surface area is 100 Å². The molecule has 0 saturated carbocycles. The van der Waals surface area contributed by atoms with Crippen molar-refractivity contribution in [1.29, 1.82) is 0 Å². The molecule has 1 amide bonds. The molecule has 90 valence electrons. The molecule has 0 spiro atoms. The third kappa shape index (κ3) is 4.72. The third-order valence-electron chi connectivity index (χ3n) is 2.12. The highest BCUT2D eigenvalue weighted by molar-refractivity contribution is 7.09. The first-order valence-corrected chi connectivity index (χ1v) is 6.37. The van der Waals surface area contributed by atoms with Crippen LogP contribution in [0.3, 0.4) is 0 Å². The fourth-order valence-electron chi connectivity index (χ4n) is 1.13. The first-order valence-electron chi connectivity index (χ1n) is 5.49. The Hall–Kier alpha value is -0.940. The number of thiazole rings is 1. The quantitative estimate of drug-likeness (QED) is 0.791. The van der Waals surface area contributed by atoms with Gasteiger partial charge in [-0.3, -0.25) is 10.1 Å². The summed E-state index contributed by atoms with van der Waals surface area (Å²) in [4.78, 5) is 15.8. The van der Waals surface area contributed by atoms with E-state index in [1.807, 2.05) is 12.3 Å². The van der Waals surface area contributed by atoms with E-state index in [0.29, 0.717) is 12.5 Å². The van der Waals surface area contributed by atoms with Gasteiger partial charge in [0.2, 0.25) is 5.91 Å². The zero-order valence-electron chi connectivity index (χ0n) is 9.99. The Kier molecular flexibility index (Phi) is 5.42. The van der Waals surface area contributed by atoms with E-state index < -0.39 is 0 Å². The van der Waals surface area contributed by atoms with E-state index in [1.54, 1.807) is 17.5 Å². The minimum absolute atomic E-state index is 0.0465. The van der Waals surface area contributed by atoms with Gasteiger partial charge in [-0.25, -0.2) is 4.98 Å². The maximum absolute atomic E-state index is 11.6. The van der Waals surface area contributed by atoms with Crippen molar-refractivity contribution in [3.63, 3.8) is 0 Å². The molecular formula is C11H19N3OS. The summed E-state index contributed by atoms with van der Waals surface area (Å²) < 4.78 is 0. The summed E-state index contributed by atoms with van der Waals surface area (Å²) in [5.74, 6) is 0.528. The van der Waals surface area contributed by atoms with Crippen LogP contribution >= 0.6 is 11.3 Å². The molecule has 0 aliphatic heterocycles. The average Bonchev–Trinajstić information content (AvgIpc) is 2.75. The van der Waals surface area contributed by atoms with Gasteiger partial charge in [0, 0.05) is 24.7 Å². The molecule has 1 aromatic heterocycles. The molecule has 0 bridgehead atoms. The Morgan fingerprint density at radius 1 is 1.50 bits per heavy atom. The number of amides is 1. The van der Waals surface area contributed by atoms with Gasteiger partial charge >= 0.3 is 0 Å². The van der Waals surface area contributed by atoms with E-state index >= 15 is 0 Å². The molecule has 2 N–H and O–H groups in total. The average molecular weight is 241 g/mol. The Morgan fingerprint density at radius 2 is 2.25 bits per heavy atom. The zero-order chi connectivity index (χ0) is 12.0. The van der Waals surface area contributed by atoms with Crippen LogP contribution < -0.4 is 10.6 Å². The molecule has 16 heavy (non-hydrogen) atoms. The number of rotatable bonds is 6. The van der Waals surface area contributed by atoms with Crippen LogP contribution in [0.2, 0.25) is 0 Å². The maximum Gasteiger partial charge on any atom is 0.236 e. The number of nitrogens with zero attached hydrogens (tertiary/aromatic N) is 1. The van der Waals surface area contributed by atoms with Crippen LogP contribution in [0.4, 0.5) is 0 Å². The molecular weight excluding hydrogens is 222 g/mol. The second-order valence-corrected chi connectivity index (χ2v) is 5.15. The molecule has 1 atom stereocenters. The van der Waals surface area contributed by atoms with Crippen LogP contribution in [0.15, 0.2) is 11.6 Å². The van der Waals surface area contributed by atoms with Crippen molar-refractivity contribution in [2.75, 3.05) is 6.54 Å². The predicted molar refractivity (Wildman–Crippen MR) is 66.3 cm³/mol. The number of nitrogens with one attached hydrogen (secondary N) is 2. The van der Waals surface area contributed by atoms with Crippen molar-refractivity contribution in [3.8, 4) is 0 Å². The van der Waals surface area contributed by atoms with Gasteiger partial charge in [0.15, 0.2) is 0 Å². The van der Waals surface area contributed by atoms with E-state index in [2.05, 4.69) is 29.5 Å². The van der Waals surface area contributed by atoms with Gasteiger partial charge in [0.1, 0.15) is 5.01 Å². The number of aromatic nitrogens is 1. The van der Waals surface area contributed by atoms with Crippen molar-refractivity contribution in [3.05, 3.63) is 16.6 Å². The summed E-state index contributed by atoms with van der Waals surface area (Å²) in [6.45, 7) is 7.39. The lowest BCUT2D eigenvalue weighted by molar-refractivity contribution is -0.122. The van der Waals surface area contributed by atoms with Crippen molar-refractivity contribution in [2.24, 2.45) is 5.92 Å². The highest BCUT2D eigenvalue weighted by atomic mass is 32.1. The normalized spacial score (nSPS) is 12.8. The van der Waals surface area contributed by atoms with E-state index in [4.69, 9.17) is 0 Å². The SMILES string of the molecule is CC(C)CNC(=O)C(C)NCc1nccs1. The lowest BCUT2D eigenvalue weighted by Crippen LogP contribution is -2.42. The van der Waals surface area contributed by atoms with Crippen molar-refractivity contribution < 1.29 is 4.79 Å². The number of carbonyl (C=O) groups excluding carboxylic acids is 1. The van der Waals surface area contributed by atoms with Gasteiger partial charge in [0.05, 0.1) is 6.04 Å². The van der Waals surface area contributed by atoms with E-state index in [1.165, 1.54) is 0 Å². The molecule has 0 aliphatic carbocycles. The second-order valence-electron chi connectivity index (χ2n) is 4.17. The van der Waals surface area contributed by atoms with Crippen LogP contribution in [0.25, 0.3) is 0 Å². The summed E-state index contributed by atoms with van der Waals surface area (Å²) in [5.41, 5.74) is 0. The highest BCUT2D eigenvalue weighted by Crippen LogP contribution is 2.03. The summed E-state index contributed by atoms with van der Waals surface area (Å²) in [6.07, 6.45) is 1.77. The van der Waals surface area contributed by atoms with Crippen LogP contribution in [0, 0.1) is 5.92 Å². The van der Waals surface area contributed by atoms with Gasteiger partial charge < -0.3 is 5.32 Å². The van der Waals surface area contributed by atoms with Gasteiger partial charge in [0.25, 0.3) is 0 Å². The molecule has 1 rings (SSSR count). The lowest BCUT2D eigenvalue weighted by Gasteiger charge is -2.14. The molecule has 1 aromatic rings. The Morgan fingerprint density at radius 3 is 2.81 bits per heavy atom. The summed E-state index contributed by atoms with van der Waals surface area (Å²) >= 11 is 1.59.